The molecular weight excluding hydrogens is 410 g/mol. The Kier molecular flexibility index (Phi) is 4.81. The summed E-state index contributed by atoms with van der Waals surface area (Å²) in [4.78, 5) is 28.1. The second kappa shape index (κ2) is 7.21. The monoisotopic (exact) mass is 429 g/mol. The molecule has 0 amide bonds. The Morgan fingerprint density at radius 3 is 2.47 bits per heavy atom. The molecule has 10 heteroatoms. The third-order valence-corrected chi connectivity index (χ3v) is 7.35. The van der Waals surface area contributed by atoms with Gasteiger partial charge >= 0.3 is 5.97 Å². The molecule has 0 saturated heterocycles. The number of rotatable bonds is 5. The molecule has 0 unspecified atom stereocenters. The number of esters is 1. The maximum atomic E-state index is 13.1. The number of pyridine rings is 1. The number of carbonyl (C=O) groups is 1. The first-order valence-corrected chi connectivity index (χ1v) is 10.8. The van der Waals surface area contributed by atoms with Crippen LogP contribution in [0.1, 0.15) is 31.2 Å². The number of benzene rings is 1. The van der Waals surface area contributed by atoms with Gasteiger partial charge in [-0.05, 0) is 31.0 Å². The zero-order valence-electron chi connectivity index (χ0n) is 16.1. The number of methoxy groups -OCH3 is 1. The lowest BCUT2D eigenvalue weighted by molar-refractivity contribution is -0.386. The van der Waals surface area contributed by atoms with Crippen molar-refractivity contribution in [2.24, 2.45) is 0 Å². The van der Waals surface area contributed by atoms with E-state index >= 15 is 0 Å². The number of aromatic nitrogens is 2. The molecular formula is C20H19N3O6S. The van der Waals surface area contributed by atoms with E-state index < -0.39 is 26.3 Å². The Balaban J connectivity index is 2.03. The standard InChI is InChI=1S/C20H19N3O6S/c1-29-19(24)20(10-5-6-11-20)17-15-9-12-22(18(15)21-13-16(17)23(25)26)30(27,28)14-7-3-2-4-8-14/h2-4,7-9,12-13H,5-6,10-11H2,1H3. The van der Waals surface area contributed by atoms with Crippen molar-refractivity contribution in [2.75, 3.05) is 7.11 Å². The van der Waals surface area contributed by atoms with Crippen LogP contribution in [0.25, 0.3) is 11.0 Å². The fourth-order valence-corrected chi connectivity index (χ4v) is 5.65. The summed E-state index contributed by atoms with van der Waals surface area (Å²) in [5.41, 5.74) is -1.32. The number of fused-ring (bicyclic) bond motifs is 1. The summed E-state index contributed by atoms with van der Waals surface area (Å²) in [5.74, 6) is -0.561. The molecule has 0 N–H and O–H groups in total. The van der Waals surface area contributed by atoms with E-state index in [1.807, 2.05) is 0 Å². The lowest BCUT2D eigenvalue weighted by atomic mass is 9.77. The Labute approximate surface area is 172 Å². The van der Waals surface area contributed by atoms with Gasteiger partial charge in [0, 0.05) is 11.6 Å². The van der Waals surface area contributed by atoms with E-state index in [0.717, 1.165) is 10.2 Å². The number of nitro groups is 1. The van der Waals surface area contributed by atoms with Gasteiger partial charge in [0.2, 0.25) is 0 Å². The summed E-state index contributed by atoms with van der Waals surface area (Å²) < 4.78 is 32.3. The lowest BCUT2D eigenvalue weighted by Gasteiger charge is -2.26. The van der Waals surface area contributed by atoms with Gasteiger partial charge in [0.15, 0.2) is 5.65 Å². The van der Waals surface area contributed by atoms with Crippen molar-refractivity contribution >= 4 is 32.7 Å². The van der Waals surface area contributed by atoms with E-state index in [1.165, 1.54) is 31.5 Å². The lowest BCUT2D eigenvalue weighted by Crippen LogP contribution is -2.35. The number of ether oxygens (including phenoxy) is 1. The van der Waals surface area contributed by atoms with E-state index in [2.05, 4.69) is 4.98 Å². The summed E-state index contributed by atoms with van der Waals surface area (Å²) in [6.45, 7) is 0. The SMILES string of the molecule is COC(=O)C1(c2c([N+](=O)[O-])cnc3c2ccn3S(=O)(=O)c2ccccc2)CCCC1. The fraction of sp³-hybridized carbons (Fsp3) is 0.300. The van der Waals surface area contributed by atoms with Crippen molar-refractivity contribution in [1.82, 2.24) is 8.96 Å². The van der Waals surface area contributed by atoms with Gasteiger partial charge in [0.25, 0.3) is 15.7 Å². The number of nitrogens with zero attached hydrogens (tertiary/aromatic N) is 3. The normalized spacial score (nSPS) is 15.9. The molecule has 1 aliphatic rings. The number of hydrogen-bond acceptors (Lipinski definition) is 7. The van der Waals surface area contributed by atoms with Crippen LogP contribution in [0.2, 0.25) is 0 Å². The van der Waals surface area contributed by atoms with E-state index in [0.29, 0.717) is 25.7 Å². The first kappa shape index (κ1) is 20.0. The summed E-state index contributed by atoms with van der Waals surface area (Å²) in [5, 5.41) is 12.0. The molecule has 3 aromatic rings. The van der Waals surface area contributed by atoms with Crippen LogP contribution in [0.5, 0.6) is 0 Å². The van der Waals surface area contributed by atoms with E-state index in [-0.39, 0.29) is 27.2 Å². The van der Waals surface area contributed by atoms with Gasteiger partial charge < -0.3 is 4.74 Å². The maximum absolute atomic E-state index is 13.1. The van der Waals surface area contributed by atoms with Gasteiger partial charge in [0.1, 0.15) is 11.6 Å². The van der Waals surface area contributed by atoms with Crippen LogP contribution >= 0.6 is 0 Å². The first-order valence-electron chi connectivity index (χ1n) is 9.37. The number of carbonyl (C=O) groups excluding carboxylic acids is 1. The van der Waals surface area contributed by atoms with Crippen molar-refractivity contribution in [3.05, 3.63) is 64.5 Å². The Morgan fingerprint density at radius 1 is 1.20 bits per heavy atom. The smallest absolute Gasteiger partial charge is 0.316 e. The average molecular weight is 429 g/mol. The molecule has 0 atom stereocenters. The van der Waals surface area contributed by atoms with E-state index in [1.54, 1.807) is 18.2 Å². The van der Waals surface area contributed by atoms with Crippen LogP contribution in [0.4, 0.5) is 5.69 Å². The van der Waals surface area contributed by atoms with Crippen molar-refractivity contribution in [2.45, 2.75) is 36.0 Å². The van der Waals surface area contributed by atoms with Gasteiger partial charge in [-0.2, -0.15) is 0 Å². The molecule has 1 aliphatic carbocycles. The second-order valence-corrected chi connectivity index (χ2v) is 9.04. The van der Waals surface area contributed by atoms with Crippen molar-refractivity contribution < 1.29 is 22.9 Å². The minimum Gasteiger partial charge on any atom is -0.468 e. The highest BCUT2D eigenvalue weighted by atomic mass is 32.2. The highest BCUT2D eigenvalue weighted by Crippen LogP contribution is 2.48. The second-order valence-electron chi connectivity index (χ2n) is 7.22. The summed E-state index contributed by atoms with van der Waals surface area (Å²) in [7, 11) is -2.73. The predicted octanol–water partition coefficient (Wildman–Crippen LogP) is 3.17. The molecule has 4 rings (SSSR count). The molecule has 0 aliphatic heterocycles. The number of hydrogen-bond donors (Lipinski definition) is 0. The van der Waals surface area contributed by atoms with Crippen LogP contribution in [0, 0.1) is 10.1 Å². The van der Waals surface area contributed by atoms with E-state index in [9.17, 15) is 23.3 Å². The van der Waals surface area contributed by atoms with Crippen LogP contribution in [0.3, 0.4) is 0 Å². The molecule has 1 fully saturated rings. The molecule has 1 aromatic carbocycles. The van der Waals surface area contributed by atoms with Crippen LogP contribution in [-0.2, 0) is 25.0 Å². The fourth-order valence-electron chi connectivity index (χ4n) is 4.32. The molecule has 156 valence electrons. The third-order valence-electron chi connectivity index (χ3n) is 5.67. The molecule has 1 saturated carbocycles. The van der Waals surface area contributed by atoms with Gasteiger partial charge in [0.05, 0.1) is 22.5 Å². The van der Waals surface area contributed by atoms with Crippen LogP contribution < -0.4 is 0 Å². The minimum absolute atomic E-state index is 0.0367. The van der Waals surface area contributed by atoms with Crippen molar-refractivity contribution in [1.29, 1.82) is 0 Å². The maximum Gasteiger partial charge on any atom is 0.316 e. The van der Waals surface area contributed by atoms with Gasteiger partial charge in [-0.3, -0.25) is 14.9 Å². The topological polar surface area (TPSA) is 121 Å². The van der Waals surface area contributed by atoms with Crippen LogP contribution in [-0.4, -0.2) is 35.4 Å². The third kappa shape index (κ3) is 2.86. The van der Waals surface area contributed by atoms with Crippen LogP contribution in [0.15, 0.2) is 53.7 Å². The largest absolute Gasteiger partial charge is 0.468 e. The molecule has 9 nitrogen and oxygen atoms in total. The summed E-state index contributed by atoms with van der Waals surface area (Å²) in [6.07, 6.45) is 4.52. The van der Waals surface area contributed by atoms with Crippen molar-refractivity contribution in [3.8, 4) is 0 Å². The summed E-state index contributed by atoms with van der Waals surface area (Å²) >= 11 is 0. The molecule has 0 spiro atoms. The van der Waals surface area contributed by atoms with Crippen molar-refractivity contribution in [3.63, 3.8) is 0 Å². The highest BCUT2D eigenvalue weighted by molar-refractivity contribution is 7.90. The predicted molar refractivity (Wildman–Crippen MR) is 108 cm³/mol. The summed E-state index contributed by atoms with van der Waals surface area (Å²) in [6, 6.07) is 9.29. The van der Waals surface area contributed by atoms with Gasteiger partial charge in [-0.15, -0.1) is 0 Å². The molecule has 2 heterocycles. The zero-order chi connectivity index (χ0) is 21.5. The molecule has 0 radical (unpaired) electrons. The molecule has 30 heavy (non-hydrogen) atoms. The quantitative estimate of drug-likeness (QED) is 0.347. The minimum atomic E-state index is -3.97. The average Bonchev–Trinajstić information content (AvgIpc) is 3.41. The van der Waals surface area contributed by atoms with Gasteiger partial charge in [-0.1, -0.05) is 31.0 Å². The van der Waals surface area contributed by atoms with E-state index in [4.69, 9.17) is 4.74 Å². The molecule has 0 bridgehead atoms. The Bertz CT molecular complexity index is 1240. The first-order chi connectivity index (χ1) is 14.3. The zero-order valence-corrected chi connectivity index (χ0v) is 17.0. The Morgan fingerprint density at radius 2 is 1.87 bits per heavy atom. The van der Waals surface area contributed by atoms with Gasteiger partial charge in [-0.25, -0.2) is 17.4 Å². The Hall–Kier alpha value is -3.27. The molecule has 2 aromatic heterocycles. The highest BCUT2D eigenvalue weighted by Gasteiger charge is 2.49.